The molecule has 1 aliphatic rings. The average molecular weight is 417 g/mol. The van der Waals surface area contributed by atoms with Crippen LogP contribution in [0.5, 0.6) is 5.75 Å². The number of thioether (sulfide) groups is 1. The molecule has 158 valence electrons. The van der Waals surface area contributed by atoms with Gasteiger partial charge in [0.05, 0.1) is 5.75 Å². The Hall–Kier alpha value is -2.02. The number of carbonyl (C=O) groups is 1. The summed E-state index contributed by atoms with van der Waals surface area (Å²) in [6.45, 7) is 7.62. The Labute approximate surface area is 177 Å². The summed E-state index contributed by atoms with van der Waals surface area (Å²) in [5.41, 5.74) is 1.29. The Balaban J connectivity index is 1.59. The summed E-state index contributed by atoms with van der Waals surface area (Å²) in [4.78, 5) is 12.3. The number of carbonyl (C=O) groups excluding carboxylic acids is 1. The zero-order valence-corrected chi connectivity index (χ0v) is 18.5. The number of nitrogens with one attached hydrogen (secondary N) is 1. The molecule has 0 saturated heterocycles. The fraction of sp³-hybridized carbons (Fsp3) is 0.591. The molecule has 1 heterocycles. The zero-order valence-electron chi connectivity index (χ0n) is 17.7. The van der Waals surface area contributed by atoms with Crippen molar-refractivity contribution in [1.29, 1.82) is 0 Å². The second-order valence-electron chi connectivity index (χ2n) is 8.03. The molecule has 1 saturated carbocycles. The van der Waals surface area contributed by atoms with Gasteiger partial charge in [0.1, 0.15) is 12.4 Å². The number of amides is 1. The van der Waals surface area contributed by atoms with Gasteiger partial charge in [-0.2, -0.15) is 0 Å². The van der Waals surface area contributed by atoms with Crippen LogP contribution in [0.3, 0.4) is 0 Å². The summed E-state index contributed by atoms with van der Waals surface area (Å²) in [6, 6.07) is 8.49. The Morgan fingerprint density at radius 3 is 2.62 bits per heavy atom. The molecule has 1 aliphatic carbocycles. The van der Waals surface area contributed by atoms with Gasteiger partial charge in [0.15, 0.2) is 11.0 Å². The molecule has 7 heteroatoms. The van der Waals surface area contributed by atoms with Gasteiger partial charge in [-0.05, 0) is 42.9 Å². The first-order chi connectivity index (χ1) is 14.0. The highest BCUT2D eigenvalue weighted by Crippen LogP contribution is 2.22. The van der Waals surface area contributed by atoms with Crippen molar-refractivity contribution in [2.75, 3.05) is 5.75 Å². The molecule has 1 amide bonds. The molecule has 1 N–H and O–H groups in total. The Morgan fingerprint density at radius 2 is 1.97 bits per heavy atom. The lowest BCUT2D eigenvalue weighted by Crippen LogP contribution is -2.33. The van der Waals surface area contributed by atoms with E-state index in [4.69, 9.17) is 4.74 Å². The number of hydrogen-bond donors (Lipinski definition) is 1. The lowest BCUT2D eigenvalue weighted by atomic mass is 10.2. The van der Waals surface area contributed by atoms with E-state index in [0.29, 0.717) is 24.3 Å². The van der Waals surface area contributed by atoms with Gasteiger partial charge < -0.3 is 14.6 Å². The quantitative estimate of drug-likeness (QED) is 0.587. The summed E-state index contributed by atoms with van der Waals surface area (Å²) < 4.78 is 8.01. The molecule has 6 nitrogen and oxygen atoms in total. The monoisotopic (exact) mass is 416 g/mol. The van der Waals surface area contributed by atoms with Crippen molar-refractivity contribution in [3.8, 4) is 5.75 Å². The number of benzene rings is 1. The van der Waals surface area contributed by atoms with E-state index in [-0.39, 0.29) is 5.91 Å². The van der Waals surface area contributed by atoms with Crippen LogP contribution in [0.4, 0.5) is 0 Å². The largest absolute Gasteiger partial charge is 0.486 e. The van der Waals surface area contributed by atoms with Gasteiger partial charge in [0.2, 0.25) is 5.91 Å². The van der Waals surface area contributed by atoms with Crippen molar-refractivity contribution >= 4 is 17.7 Å². The second kappa shape index (κ2) is 10.7. The third kappa shape index (κ3) is 6.49. The van der Waals surface area contributed by atoms with E-state index in [1.54, 1.807) is 0 Å². The maximum atomic E-state index is 12.3. The molecule has 0 aliphatic heterocycles. The molecule has 0 spiro atoms. The minimum atomic E-state index is 0.0785. The van der Waals surface area contributed by atoms with Crippen molar-refractivity contribution in [1.82, 2.24) is 20.1 Å². The van der Waals surface area contributed by atoms with Gasteiger partial charge in [-0.25, -0.2) is 0 Å². The van der Waals surface area contributed by atoms with Crippen molar-refractivity contribution in [3.05, 3.63) is 35.7 Å². The Bertz CT molecular complexity index is 783. The highest BCUT2D eigenvalue weighted by atomic mass is 32.2. The van der Waals surface area contributed by atoms with Gasteiger partial charge in [-0.15, -0.1) is 10.2 Å². The summed E-state index contributed by atoms with van der Waals surface area (Å²) in [6.07, 6.45) is 5.63. The number of aromatic nitrogens is 3. The van der Waals surface area contributed by atoms with Crippen LogP contribution in [0.25, 0.3) is 0 Å². The zero-order chi connectivity index (χ0) is 20.6. The van der Waals surface area contributed by atoms with E-state index in [1.165, 1.54) is 30.2 Å². The molecular weight excluding hydrogens is 384 g/mol. The molecule has 0 radical (unpaired) electrons. The minimum absolute atomic E-state index is 0.0785. The Morgan fingerprint density at radius 1 is 1.24 bits per heavy atom. The van der Waals surface area contributed by atoms with Crippen molar-refractivity contribution in [2.45, 2.75) is 77.2 Å². The molecule has 0 atom stereocenters. The fourth-order valence-corrected chi connectivity index (χ4v) is 4.30. The normalized spacial score (nSPS) is 14.5. The molecule has 3 rings (SSSR count). The lowest BCUT2D eigenvalue weighted by molar-refractivity contribution is -0.119. The number of aryl methyl sites for hydroxylation is 1. The number of rotatable bonds is 10. The minimum Gasteiger partial charge on any atom is -0.486 e. The topological polar surface area (TPSA) is 69.0 Å². The van der Waals surface area contributed by atoms with Crippen LogP contribution >= 0.6 is 11.8 Å². The van der Waals surface area contributed by atoms with Crippen molar-refractivity contribution in [2.24, 2.45) is 5.92 Å². The summed E-state index contributed by atoms with van der Waals surface area (Å²) in [7, 11) is 0. The van der Waals surface area contributed by atoms with E-state index in [2.05, 4.69) is 53.0 Å². The number of nitrogens with zero attached hydrogens (tertiary/aromatic N) is 3. The van der Waals surface area contributed by atoms with Gasteiger partial charge in [-0.1, -0.05) is 57.5 Å². The molecule has 1 aromatic heterocycles. The van der Waals surface area contributed by atoms with E-state index in [1.807, 2.05) is 12.1 Å². The average Bonchev–Trinajstić information content (AvgIpc) is 3.35. The molecule has 1 aromatic carbocycles. The van der Waals surface area contributed by atoms with Crippen molar-refractivity contribution in [3.63, 3.8) is 0 Å². The number of ether oxygens (including phenoxy) is 1. The van der Waals surface area contributed by atoms with Gasteiger partial charge in [0, 0.05) is 12.6 Å². The molecule has 1 fully saturated rings. The SMILES string of the molecule is CCc1ccc(OCc2nnc(SCC(=O)NC3CCCC3)n2CC(C)C)cc1. The fourth-order valence-electron chi connectivity index (χ4n) is 3.52. The highest BCUT2D eigenvalue weighted by molar-refractivity contribution is 7.99. The smallest absolute Gasteiger partial charge is 0.230 e. The van der Waals surface area contributed by atoms with Gasteiger partial charge in [0.25, 0.3) is 0 Å². The number of hydrogen-bond acceptors (Lipinski definition) is 5. The third-order valence-corrected chi connectivity index (χ3v) is 6.06. The maximum absolute atomic E-state index is 12.3. The van der Waals surface area contributed by atoms with Crippen LogP contribution in [-0.4, -0.2) is 32.5 Å². The van der Waals surface area contributed by atoms with Crippen LogP contribution in [-0.2, 0) is 24.4 Å². The highest BCUT2D eigenvalue weighted by Gasteiger charge is 2.19. The summed E-state index contributed by atoms with van der Waals surface area (Å²) in [5, 5.41) is 12.6. The van der Waals surface area contributed by atoms with E-state index in [0.717, 1.165) is 42.5 Å². The first-order valence-corrected chi connectivity index (χ1v) is 11.6. The van der Waals surface area contributed by atoms with Crippen LogP contribution in [0.1, 0.15) is 57.8 Å². The Kier molecular flexibility index (Phi) is 7.98. The molecule has 29 heavy (non-hydrogen) atoms. The van der Waals surface area contributed by atoms with Crippen LogP contribution < -0.4 is 10.1 Å². The van der Waals surface area contributed by atoms with Crippen LogP contribution in [0.2, 0.25) is 0 Å². The third-order valence-electron chi connectivity index (χ3n) is 5.09. The first-order valence-electron chi connectivity index (χ1n) is 10.6. The summed E-state index contributed by atoms with van der Waals surface area (Å²) >= 11 is 1.45. The second-order valence-corrected chi connectivity index (χ2v) is 8.97. The van der Waals surface area contributed by atoms with Gasteiger partial charge >= 0.3 is 0 Å². The molecule has 0 unspecified atom stereocenters. The lowest BCUT2D eigenvalue weighted by Gasteiger charge is -2.14. The predicted molar refractivity (Wildman–Crippen MR) is 116 cm³/mol. The first kappa shape index (κ1) is 21.7. The maximum Gasteiger partial charge on any atom is 0.230 e. The standard InChI is InChI=1S/C22H32N4O2S/c1-4-17-9-11-19(12-10-17)28-14-20-24-25-22(26(20)13-16(2)3)29-15-21(27)23-18-7-5-6-8-18/h9-12,16,18H,4-8,13-15H2,1-3H3,(H,23,27). The van der Waals surface area contributed by atoms with Gasteiger partial charge in [-0.3, -0.25) is 4.79 Å². The van der Waals surface area contributed by atoms with Crippen molar-refractivity contribution < 1.29 is 9.53 Å². The summed E-state index contributed by atoms with van der Waals surface area (Å²) in [5.74, 6) is 2.50. The molecule has 0 bridgehead atoms. The molecular formula is C22H32N4O2S. The van der Waals surface area contributed by atoms with Crippen LogP contribution in [0.15, 0.2) is 29.4 Å². The van der Waals surface area contributed by atoms with E-state index in [9.17, 15) is 4.79 Å². The van der Waals surface area contributed by atoms with E-state index < -0.39 is 0 Å². The van der Waals surface area contributed by atoms with Crippen LogP contribution in [0, 0.1) is 5.92 Å². The predicted octanol–water partition coefficient (Wildman–Crippen LogP) is 4.23. The molecule has 2 aromatic rings. The van der Waals surface area contributed by atoms with E-state index >= 15 is 0 Å².